The van der Waals surface area contributed by atoms with Crippen molar-refractivity contribution in [1.29, 1.82) is 0 Å². The van der Waals surface area contributed by atoms with Crippen LogP contribution in [0.2, 0.25) is 0 Å². The average molecular weight is 232 g/mol. The van der Waals surface area contributed by atoms with Crippen molar-refractivity contribution in [1.82, 2.24) is 10.2 Å². The van der Waals surface area contributed by atoms with Crippen LogP contribution in [0.5, 0.6) is 0 Å². The van der Waals surface area contributed by atoms with Crippen LogP contribution in [-0.2, 0) is 0 Å². The zero-order valence-electron chi connectivity index (χ0n) is 7.05. The van der Waals surface area contributed by atoms with Crippen molar-refractivity contribution in [2.75, 3.05) is 0 Å². The van der Waals surface area contributed by atoms with Gasteiger partial charge in [0.2, 0.25) is 0 Å². The standard InChI is InChI=1S/C8H3F3N2OS/c9-4-2-6(11)5(10)1-3(4)7-12-13-8(14)15-7/h1-2H,(H,13,14). The summed E-state index contributed by atoms with van der Waals surface area (Å²) in [5, 5.41) is 5.51. The molecule has 0 bridgehead atoms. The molecule has 78 valence electrons. The highest BCUT2D eigenvalue weighted by Gasteiger charge is 2.14. The maximum Gasteiger partial charge on any atom is 0.322 e. The van der Waals surface area contributed by atoms with Crippen LogP contribution in [0.3, 0.4) is 0 Å². The van der Waals surface area contributed by atoms with E-state index in [9.17, 15) is 18.0 Å². The smallest absolute Gasteiger partial charge is 0.255 e. The van der Waals surface area contributed by atoms with Crippen LogP contribution in [-0.4, -0.2) is 10.2 Å². The first-order valence-corrected chi connectivity index (χ1v) is 4.60. The van der Waals surface area contributed by atoms with Crippen LogP contribution in [0, 0.1) is 17.5 Å². The van der Waals surface area contributed by atoms with Gasteiger partial charge in [0.1, 0.15) is 5.82 Å². The molecule has 3 nitrogen and oxygen atoms in total. The molecule has 0 saturated carbocycles. The lowest BCUT2D eigenvalue weighted by Crippen LogP contribution is -1.91. The Bertz CT molecular complexity index is 563. The number of aromatic amines is 1. The van der Waals surface area contributed by atoms with Gasteiger partial charge in [-0.25, -0.2) is 18.3 Å². The maximum absolute atomic E-state index is 13.2. The minimum Gasteiger partial charge on any atom is -0.255 e. The SMILES string of the molecule is O=c1[nH]nc(-c2cc(F)c(F)cc2F)s1. The minimum atomic E-state index is -1.28. The lowest BCUT2D eigenvalue weighted by molar-refractivity contribution is 0.496. The Morgan fingerprint density at radius 2 is 1.80 bits per heavy atom. The molecule has 1 aromatic carbocycles. The maximum atomic E-state index is 13.2. The van der Waals surface area contributed by atoms with E-state index in [2.05, 4.69) is 10.2 Å². The Kier molecular flexibility index (Phi) is 2.31. The summed E-state index contributed by atoms with van der Waals surface area (Å²) < 4.78 is 38.5. The molecule has 1 heterocycles. The van der Waals surface area contributed by atoms with E-state index >= 15 is 0 Å². The summed E-state index contributed by atoms with van der Waals surface area (Å²) in [6.07, 6.45) is 0. The first-order chi connectivity index (χ1) is 7.08. The molecule has 0 aliphatic heterocycles. The van der Waals surface area contributed by atoms with E-state index in [4.69, 9.17) is 0 Å². The van der Waals surface area contributed by atoms with Crippen LogP contribution < -0.4 is 4.87 Å². The van der Waals surface area contributed by atoms with Crippen molar-refractivity contribution in [3.05, 3.63) is 39.3 Å². The summed E-state index contributed by atoms with van der Waals surface area (Å²) in [5.74, 6) is -3.43. The van der Waals surface area contributed by atoms with Crippen molar-refractivity contribution >= 4 is 11.3 Å². The van der Waals surface area contributed by atoms with Gasteiger partial charge in [-0.2, -0.15) is 5.10 Å². The third-order valence-electron chi connectivity index (χ3n) is 1.68. The van der Waals surface area contributed by atoms with Crippen molar-refractivity contribution in [3.8, 4) is 10.6 Å². The van der Waals surface area contributed by atoms with Crippen LogP contribution in [0.15, 0.2) is 16.9 Å². The van der Waals surface area contributed by atoms with Crippen LogP contribution in [0.4, 0.5) is 13.2 Å². The lowest BCUT2D eigenvalue weighted by atomic mass is 10.2. The van der Waals surface area contributed by atoms with Crippen molar-refractivity contribution in [2.45, 2.75) is 0 Å². The summed E-state index contributed by atoms with van der Waals surface area (Å²) in [6.45, 7) is 0. The van der Waals surface area contributed by atoms with Gasteiger partial charge < -0.3 is 0 Å². The van der Waals surface area contributed by atoms with Crippen molar-refractivity contribution < 1.29 is 13.2 Å². The molecule has 0 unspecified atom stereocenters. The van der Waals surface area contributed by atoms with Crippen LogP contribution in [0.1, 0.15) is 0 Å². The molecule has 0 radical (unpaired) electrons. The third-order valence-corrected chi connectivity index (χ3v) is 2.46. The fourth-order valence-electron chi connectivity index (χ4n) is 1.03. The van der Waals surface area contributed by atoms with Gasteiger partial charge in [-0.3, -0.25) is 4.79 Å². The van der Waals surface area contributed by atoms with Gasteiger partial charge in [0.15, 0.2) is 16.6 Å². The molecule has 0 aliphatic carbocycles. The molecule has 0 atom stereocenters. The van der Waals surface area contributed by atoms with Gasteiger partial charge in [0, 0.05) is 6.07 Å². The number of hydrogen-bond donors (Lipinski definition) is 1. The molecule has 1 N–H and O–H groups in total. The third kappa shape index (κ3) is 1.78. The Morgan fingerprint density at radius 1 is 1.13 bits per heavy atom. The van der Waals surface area contributed by atoms with E-state index in [0.717, 1.165) is 0 Å². The van der Waals surface area contributed by atoms with Crippen LogP contribution >= 0.6 is 11.3 Å². The van der Waals surface area contributed by atoms with E-state index in [1.54, 1.807) is 0 Å². The van der Waals surface area contributed by atoms with E-state index in [1.165, 1.54) is 0 Å². The number of aromatic nitrogens is 2. The summed E-state index contributed by atoms with van der Waals surface area (Å²) in [7, 11) is 0. The second-order valence-corrected chi connectivity index (χ2v) is 3.63. The number of H-pyrrole nitrogens is 1. The molecular formula is C8H3F3N2OS. The highest BCUT2D eigenvalue weighted by atomic mass is 32.1. The summed E-state index contributed by atoms with van der Waals surface area (Å²) in [4.78, 5) is 10.2. The van der Waals surface area contributed by atoms with Gasteiger partial charge in [0.25, 0.3) is 0 Å². The van der Waals surface area contributed by atoms with Gasteiger partial charge in [0.05, 0.1) is 5.56 Å². The molecule has 0 fully saturated rings. The number of benzene rings is 1. The topological polar surface area (TPSA) is 45.8 Å². The Balaban J connectivity index is 2.63. The number of nitrogens with zero attached hydrogens (tertiary/aromatic N) is 1. The molecular weight excluding hydrogens is 229 g/mol. The normalized spacial score (nSPS) is 10.6. The van der Waals surface area contributed by atoms with E-state index in [0.29, 0.717) is 23.5 Å². The molecule has 7 heteroatoms. The summed E-state index contributed by atoms with van der Waals surface area (Å²) in [5.41, 5.74) is -0.239. The Morgan fingerprint density at radius 3 is 2.40 bits per heavy atom. The molecule has 0 saturated heterocycles. The largest absolute Gasteiger partial charge is 0.322 e. The molecule has 15 heavy (non-hydrogen) atoms. The van der Waals surface area contributed by atoms with Gasteiger partial charge in [-0.1, -0.05) is 11.3 Å². The molecule has 2 aromatic rings. The Labute approximate surface area is 85.2 Å². The zero-order valence-corrected chi connectivity index (χ0v) is 7.87. The molecule has 2 rings (SSSR count). The first-order valence-electron chi connectivity index (χ1n) is 3.78. The fraction of sp³-hybridized carbons (Fsp3) is 0. The van der Waals surface area contributed by atoms with Gasteiger partial charge >= 0.3 is 4.87 Å². The van der Waals surface area contributed by atoms with E-state index < -0.39 is 22.3 Å². The second-order valence-electron chi connectivity index (χ2n) is 2.66. The Hall–Kier alpha value is -1.63. The quantitative estimate of drug-likeness (QED) is 0.763. The lowest BCUT2D eigenvalue weighted by Gasteiger charge is -1.99. The second kappa shape index (κ2) is 3.50. The monoisotopic (exact) mass is 232 g/mol. The van der Waals surface area contributed by atoms with Crippen molar-refractivity contribution in [2.24, 2.45) is 0 Å². The fourth-order valence-corrected chi connectivity index (χ4v) is 1.66. The summed E-state index contributed by atoms with van der Waals surface area (Å²) in [6, 6.07) is 1.08. The number of nitrogens with one attached hydrogen (secondary N) is 1. The predicted molar refractivity (Wildman–Crippen MR) is 48.0 cm³/mol. The van der Waals surface area contributed by atoms with E-state index in [-0.39, 0.29) is 10.6 Å². The molecule has 0 amide bonds. The minimum absolute atomic E-state index is 0.0172. The number of halogens is 3. The van der Waals surface area contributed by atoms with E-state index in [1.807, 2.05) is 0 Å². The number of rotatable bonds is 1. The number of hydrogen-bond acceptors (Lipinski definition) is 3. The summed E-state index contributed by atoms with van der Waals surface area (Å²) >= 11 is 0.618. The predicted octanol–water partition coefficient (Wildman–Crippen LogP) is 1.92. The average Bonchev–Trinajstić information content (AvgIpc) is 2.58. The molecule has 0 spiro atoms. The molecule has 0 aliphatic rings. The van der Waals surface area contributed by atoms with Gasteiger partial charge in [-0.15, -0.1) is 0 Å². The van der Waals surface area contributed by atoms with Crippen LogP contribution in [0.25, 0.3) is 10.6 Å². The first kappa shape index (κ1) is 9.91. The highest BCUT2D eigenvalue weighted by molar-refractivity contribution is 7.12. The zero-order chi connectivity index (χ0) is 11.0. The molecule has 1 aromatic heterocycles. The van der Waals surface area contributed by atoms with Gasteiger partial charge in [-0.05, 0) is 6.07 Å². The van der Waals surface area contributed by atoms with Crippen molar-refractivity contribution in [3.63, 3.8) is 0 Å². The highest BCUT2D eigenvalue weighted by Crippen LogP contribution is 2.24.